The fourth-order valence-electron chi connectivity index (χ4n) is 2.73. The second kappa shape index (κ2) is 4.11. The first-order valence-corrected chi connectivity index (χ1v) is 7.16. The van der Waals surface area contributed by atoms with Crippen LogP contribution in [-0.2, 0) is 5.41 Å². The Morgan fingerprint density at radius 1 is 1.21 bits per heavy atom. The van der Waals surface area contributed by atoms with Crippen LogP contribution in [0.5, 0.6) is 0 Å². The molecule has 1 fully saturated rings. The van der Waals surface area contributed by atoms with Crippen molar-refractivity contribution >= 4 is 11.0 Å². The fraction of sp³-hybridized carbons (Fsp3) is 0.529. The van der Waals surface area contributed by atoms with E-state index in [0.717, 1.165) is 11.3 Å². The van der Waals surface area contributed by atoms with Crippen LogP contribution in [0.3, 0.4) is 0 Å². The van der Waals surface area contributed by atoms with Crippen molar-refractivity contribution < 1.29 is 4.42 Å². The van der Waals surface area contributed by atoms with Gasteiger partial charge in [0, 0.05) is 10.9 Å². The summed E-state index contributed by atoms with van der Waals surface area (Å²) >= 11 is 0. The fourth-order valence-corrected chi connectivity index (χ4v) is 2.73. The van der Waals surface area contributed by atoms with E-state index in [1.54, 1.807) is 0 Å². The predicted molar refractivity (Wildman–Crippen MR) is 79.3 cm³/mol. The Bertz CT molecular complexity index is 614. The average Bonchev–Trinajstić information content (AvgIpc) is 3.06. The Hall–Kier alpha value is -1.28. The smallest absolute Gasteiger partial charge is 0.138 e. The molecule has 1 saturated carbocycles. The minimum atomic E-state index is 0.0699. The minimum Gasteiger partial charge on any atom is -0.459 e. The molecule has 2 N–H and O–H groups in total. The van der Waals surface area contributed by atoms with Crippen molar-refractivity contribution in [1.29, 1.82) is 0 Å². The average molecular weight is 257 g/mol. The molecular formula is C17H23NO. The van der Waals surface area contributed by atoms with Crippen molar-refractivity contribution in [3.05, 3.63) is 35.1 Å². The molecule has 0 radical (unpaired) electrons. The number of furan rings is 1. The van der Waals surface area contributed by atoms with E-state index in [4.69, 9.17) is 10.2 Å². The lowest BCUT2D eigenvalue weighted by molar-refractivity contribution is 0.460. The Balaban J connectivity index is 2.15. The third-order valence-electron chi connectivity index (χ3n) is 4.05. The Morgan fingerprint density at radius 2 is 1.89 bits per heavy atom. The number of benzene rings is 1. The van der Waals surface area contributed by atoms with Crippen LogP contribution in [0.25, 0.3) is 11.0 Å². The number of aryl methyl sites for hydroxylation is 1. The highest BCUT2D eigenvalue weighted by atomic mass is 16.3. The molecule has 1 aliphatic carbocycles. The molecule has 2 nitrogen and oxygen atoms in total. The maximum Gasteiger partial charge on any atom is 0.138 e. The topological polar surface area (TPSA) is 39.2 Å². The third-order valence-corrected chi connectivity index (χ3v) is 4.05. The summed E-state index contributed by atoms with van der Waals surface area (Å²) in [5.41, 5.74) is 9.93. The number of nitrogens with two attached hydrogens (primary N) is 1. The summed E-state index contributed by atoms with van der Waals surface area (Å²) in [5.74, 6) is 1.58. The molecule has 0 saturated heterocycles. The molecule has 0 amide bonds. The van der Waals surface area contributed by atoms with Crippen LogP contribution in [0.2, 0.25) is 0 Å². The molecule has 19 heavy (non-hydrogen) atoms. The molecule has 1 aromatic heterocycles. The summed E-state index contributed by atoms with van der Waals surface area (Å²) in [5, 5.41) is 1.19. The van der Waals surface area contributed by atoms with Gasteiger partial charge >= 0.3 is 0 Å². The van der Waals surface area contributed by atoms with Crippen molar-refractivity contribution in [1.82, 2.24) is 0 Å². The van der Waals surface area contributed by atoms with E-state index in [2.05, 4.69) is 45.9 Å². The molecule has 1 aliphatic rings. The molecule has 3 rings (SSSR count). The van der Waals surface area contributed by atoms with E-state index < -0.39 is 0 Å². The molecule has 1 unspecified atom stereocenters. The van der Waals surface area contributed by atoms with E-state index >= 15 is 0 Å². The Labute approximate surface area is 115 Å². The van der Waals surface area contributed by atoms with Crippen molar-refractivity contribution in [3.63, 3.8) is 0 Å². The van der Waals surface area contributed by atoms with Gasteiger partial charge in [0.25, 0.3) is 0 Å². The molecule has 2 heteroatoms. The molecule has 1 heterocycles. The Morgan fingerprint density at radius 3 is 2.47 bits per heavy atom. The zero-order chi connectivity index (χ0) is 13.8. The van der Waals surface area contributed by atoms with Gasteiger partial charge < -0.3 is 10.2 Å². The molecule has 2 aromatic rings. The van der Waals surface area contributed by atoms with Gasteiger partial charge in [-0.05, 0) is 48.8 Å². The molecular weight excluding hydrogens is 234 g/mol. The van der Waals surface area contributed by atoms with Crippen LogP contribution in [0, 0.1) is 12.8 Å². The van der Waals surface area contributed by atoms with Gasteiger partial charge in [-0.3, -0.25) is 0 Å². The zero-order valence-corrected chi connectivity index (χ0v) is 12.3. The van der Waals surface area contributed by atoms with Gasteiger partial charge in [0.1, 0.15) is 11.3 Å². The first-order chi connectivity index (χ1) is 8.86. The van der Waals surface area contributed by atoms with E-state index in [-0.39, 0.29) is 11.5 Å². The lowest BCUT2D eigenvalue weighted by Gasteiger charge is -2.19. The summed E-state index contributed by atoms with van der Waals surface area (Å²) in [6.45, 7) is 8.82. The highest BCUT2D eigenvalue weighted by molar-refractivity contribution is 5.83. The van der Waals surface area contributed by atoms with Crippen LogP contribution in [0.15, 0.2) is 22.6 Å². The summed E-state index contributed by atoms with van der Waals surface area (Å²) in [7, 11) is 0. The number of hydrogen-bond donors (Lipinski definition) is 1. The van der Waals surface area contributed by atoms with Crippen LogP contribution in [0.1, 0.15) is 56.5 Å². The first kappa shape index (κ1) is 12.7. The van der Waals surface area contributed by atoms with Crippen LogP contribution >= 0.6 is 0 Å². The maximum atomic E-state index is 6.27. The number of fused-ring (bicyclic) bond motifs is 1. The lowest BCUT2D eigenvalue weighted by Crippen LogP contribution is -2.12. The van der Waals surface area contributed by atoms with E-state index in [9.17, 15) is 0 Å². The van der Waals surface area contributed by atoms with E-state index in [1.807, 2.05) is 0 Å². The molecule has 102 valence electrons. The maximum absolute atomic E-state index is 6.27. The highest BCUT2D eigenvalue weighted by Gasteiger charge is 2.32. The lowest BCUT2D eigenvalue weighted by atomic mass is 9.85. The summed E-state index contributed by atoms with van der Waals surface area (Å²) < 4.78 is 6.12. The second-order valence-corrected chi connectivity index (χ2v) is 6.99. The largest absolute Gasteiger partial charge is 0.459 e. The van der Waals surface area contributed by atoms with Gasteiger partial charge in [0.15, 0.2) is 0 Å². The predicted octanol–water partition coefficient (Wildman–Crippen LogP) is 4.45. The molecule has 1 atom stereocenters. The number of rotatable bonds is 2. The quantitative estimate of drug-likeness (QED) is 0.863. The molecule has 0 aliphatic heterocycles. The van der Waals surface area contributed by atoms with Crippen LogP contribution in [0.4, 0.5) is 0 Å². The summed E-state index contributed by atoms with van der Waals surface area (Å²) in [6.07, 6.45) is 2.48. The standard InChI is InChI=1S/C17H23NO/c1-10-7-12-9-14(15(18)11-5-6-11)19-16(12)13(8-10)17(2,3)4/h7-9,11,15H,5-6,18H2,1-4H3. The molecule has 1 aromatic carbocycles. The summed E-state index contributed by atoms with van der Waals surface area (Å²) in [6, 6.07) is 6.64. The van der Waals surface area contributed by atoms with E-state index in [1.165, 1.54) is 29.4 Å². The van der Waals surface area contributed by atoms with Crippen LogP contribution in [-0.4, -0.2) is 0 Å². The van der Waals surface area contributed by atoms with E-state index in [0.29, 0.717) is 5.92 Å². The normalized spacial score (nSPS) is 17.9. The van der Waals surface area contributed by atoms with Crippen molar-refractivity contribution in [3.8, 4) is 0 Å². The monoisotopic (exact) mass is 257 g/mol. The van der Waals surface area contributed by atoms with Gasteiger partial charge in [-0.1, -0.05) is 26.8 Å². The van der Waals surface area contributed by atoms with Crippen molar-refractivity contribution in [2.24, 2.45) is 11.7 Å². The molecule has 0 spiro atoms. The number of hydrogen-bond acceptors (Lipinski definition) is 2. The second-order valence-electron chi connectivity index (χ2n) is 6.99. The van der Waals surface area contributed by atoms with Gasteiger partial charge in [-0.25, -0.2) is 0 Å². The summed E-state index contributed by atoms with van der Waals surface area (Å²) in [4.78, 5) is 0. The van der Waals surface area contributed by atoms with Gasteiger partial charge in [0.05, 0.1) is 6.04 Å². The SMILES string of the molecule is Cc1cc(C(C)(C)C)c2oc(C(N)C3CC3)cc2c1. The van der Waals surface area contributed by atoms with Gasteiger partial charge in [-0.15, -0.1) is 0 Å². The van der Waals surface area contributed by atoms with Crippen molar-refractivity contribution in [2.75, 3.05) is 0 Å². The van der Waals surface area contributed by atoms with Gasteiger partial charge in [-0.2, -0.15) is 0 Å². The Kier molecular flexibility index (Phi) is 2.75. The first-order valence-electron chi connectivity index (χ1n) is 7.16. The zero-order valence-electron chi connectivity index (χ0n) is 12.3. The van der Waals surface area contributed by atoms with Crippen LogP contribution < -0.4 is 5.73 Å². The van der Waals surface area contributed by atoms with Crippen molar-refractivity contribution in [2.45, 2.75) is 52.0 Å². The minimum absolute atomic E-state index is 0.0699. The molecule has 0 bridgehead atoms. The highest BCUT2D eigenvalue weighted by Crippen LogP contribution is 2.42. The third kappa shape index (κ3) is 2.30. The van der Waals surface area contributed by atoms with Gasteiger partial charge in [0.2, 0.25) is 0 Å².